The maximum atomic E-state index is 13.2. The Morgan fingerprint density at radius 1 is 0.700 bits per heavy atom. The van der Waals surface area contributed by atoms with Gasteiger partial charge in [0.2, 0.25) is 0 Å². The first kappa shape index (κ1) is 21.8. The zero-order valence-electron chi connectivity index (χ0n) is 18.9. The summed E-state index contributed by atoms with van der Waals surface area (Å²) >= 11 is 0. The van der Waals surface area contributed by atoms with Crippen molar-refractivity contribution in [3.05, 3.63) is 12.2 Å². The van der Waals surface area contributed by atoms with Crippen molar-refractivity contribution in [1.29, 1.82) is 0 Å². The molecule has 6 heteroatoms. The average Bonchev–Trinajstić information content (AvgIpc) is 3.37. The number of allylic oxidation sites excluding steroid dienone is 2. The largest absolute Gasteiger partial charge is 0.436 e. The van der Waals surface area contributed by atoms with E-state index in [-0.39, 0.29) is 36.0 Å². The van der Waals surface area contributed by atoms with Gasteiger partial charge in [-0.25, -0.2) is 0 Å². The summed E-state index contributed by atoms with van der Waals surface area (Å²) in [5.41, 5.74) is 0. The van der Waals surface area contributed by atoms with Crippen LogP contribution >= 0.6 is 0 Å². The average molecular weight is 421 g/mol. The molecule has 10 unspecified atom stereocenters. The maximum absolute atomic E-state index is 13.2. The van der Waals surface area contributed by atoms with Crippen molar-refractivity contribution in [1.82, 2.24) is 0 Å². The minimum absolute atomic E-state index is 0.0392. The molecule has 4 bridgehead atoms. The van der Waals surface area contributed by atoms with Crippen LogP contribution < -0.4 is 0 Å². The van der Waals surface area contributed by atoms with Crippen molar-refractivity contribution >= 4 is 11.9 Å². The molecule has 10 atom stereocenters. The van der Waals surface area contributed by atoms with E-state index in [1.165, 1.54) is 0 Å². The van der Waals surface area contributed by atoms with Gasteiger partial charge in [0.05, 0.1) is 24.0 Å². The highest BCUT2D eigenvalue weighted by Gasteiger charge is 2.68. The van der Waals surface area contributed by atoms with E-state index in [4.69, 9.17) is 18.9 Å². The molecule has 30 heavy (non-hydrogen) atoms. The maximum Gasteiger partial charge on any atom is 0.312 e. The third-order valence-corrected chi connectivity index (χ3v) is 7.46. The van der Waals surface area contributed by atoms with Gasteiger partial charge in [0.25, 0.3) is 0 Å². The minimum Gasteiger partial charge on any atom is -0.436 e. The van der Waals surface area contributed by atoms with Gasteiger partial charge in [-0.15, -0.1) is 0 Å². The zero-order valence-corrected chi connectivity index (χ0v) is 18.9. The van der Waals surface area contributed by atoms with Gasteiger partial charge in [-0.05, 0) is 89.9 Å². The van der Waals surface area contributed by atoms with E-state index in [1.54, 1.807) is 13.8 Å². The SMILES string of the molecule is CC(C)OC(C)OC(=O)C1C2CC(C1C(=O)OC(C)OC(C)C)C1C3C=CC(C3)C21. The molecule has 0 heterocycles. The van der Waals surface area contributed by atoms with Gasteiger partial charge in [-0.2, -0.15) is 0 Å². The van der Waals surface area contributed by atoms with Gasteiger partial charge < -0.3 is 18.9 Å². The summed E-state index contributed by atoms with van der Waals surface area (Å²) in [6.07, 6.45) is 5.37. The molecular formula is C24H36O6. The van der Waals surface area contributed by atoms with E-state index in [0.717, 1.165) is 12.8 Å². The Balaban J connectivity index is 1.53. The lowest BCUT2D eigenvalue weighted by atomic mass is 9.65. The van der Waals surface area contributed by atoms with Crippen molar-refractivity contribution in [2.75, 3.05) is 0 Å². The third-order valence-electron chi connectivity index (χ3n) is 7.46. The minimum atomic E-state index is -0.632. The molecule has 0 spiro atoms. The topological polar surface area (TPSA) is 71.1 Å². The number of rotatable bonds is 8. The van der Waals surface area contributed by atoms with Gasteiger partial charge in [-0.3, -0.25) is 9.59 Å². The van der Waals surface area contributed by atoms with Crippen LogP contribution in [0.5, 0.6) is 0 Å². The molecule has 0 N–H and O–H groups in total. The molecule has 6 nitrogen and oxygen atoms in total. The number of hydrogen-bond donors (Lipinski definition) is 0. The van der Waals surface area contributed by atoms with Crippen LogP contribution in [-0.4, -0.2) is 36.7 Å². The molecular weight excluding hydrogens is 384 g/mol. The second-order valence-electron chi connectivity index (χ2n) is 10.1. The highest BCUT2D eigenvalue weighted by atomic mass is 16.7. The van der Waals surface area contributed by atoms with E-state index >= 15 is 0 Å². The number of esters is 2. The Hall–Kier alpha value is -1.40. The molecule has 0 aromatic heterocycles. The van der Waals surface area contributed by atoms with Crippen LogP contribution in [0.4, 0.5) is 0 Å². The Bertz CT molecular complexity index is 644. The number of fused-ring (bicyclic) bond motifs is 9. The number of carbonyl (C=O) groups is 2. The third kappa shape index (κ3) is 3.81. The summed E-state index contributed by atoms with van der Waals surface area (Å²) < 4.78 is 22.5. The van der Waals surface area contributed by atoms with E-state index < -0.39 is 24.4 Å². The summed E-state index contributed by atoms with van der Waals surface area (Å²) in [5.74, 6) is 0.844. The summed E-state index contributed by atoms with van der Waals surface area (Å²) in [6, 6.07) is 0. The van der Waals surface area contributed by atoms with Crippen LogP contribution in [0.1, 0.15) is 54.4 Å². The summed E-state index contributed by atoms with van der Waals surface area (Å²) in [7, 11) is 0. The van der Waals surface area contributed by atoms with Crippen molar-refractivity contribution < 1.29 is 28.5 Å². The van der Waals surface area contributed by atoms with Gasteiger partial charge in [0, 0.05) is 0 Å². The molecule has 3 saturated carbocycles. The van der Waals surface area contributed by atoms with Crippen molar-refractivity contribution in [3.63, 3.8) is 0 Å². The van der Waals surface area contributed by atoms with E-state index in [1.807, 2.05) is 27.7 Å². The van der Waals surface area contributed by atoms with Crippen molar-refractivity contribution in [2.24, 2.45) is 47.3 Å². The monoisotopic (exact) mass is 420 g/mol. The molecule has 4 aliphatic rings. The summed E-state index contributed by atoms with van der Waals surface area (Å²) in [4.78, 5) is 26.5. The van der Waals surface area contributed by atoms with Crippen LogP contribution in [0.15, 0.2) is 12.2 Å². The molecule has 0 saturated heterocycles. The summed E-state index contributed by atoms with van der Waals surface area (Å²) in [5, 5.41) is 0. The normalized spacial score (nSPS) is 40.1. The highest BCUT2D eigenvalue weighted by Crippen LogP contribution is 2.69. The van der Waals surface area contributed by atoms with Crippen LogP contribution in [-0.2, 0) is 28.5 Å². The van der Waals surface area contributed by atoms with Crippen LogP contribution in [0.2, 0.25) is 0 Å². The second kappa shape index (κ2) is 8.27. The van der Waals surface area contributed by atoms with Gasteiger partial charge >= 0.3 is 11.9 Å². The standard InChI is InChI=1S/C24H36O6/c1-11(2)27-13(5)29-23(25)21-17-10-18(20-16-8-7-15(9-16)19(17)20)22(21)24(26)30-14(6)28-12(3)4/h7-8,11-22H,9-10H2,1-6H3. The molecule has 168 valence electrons. The molecule has 4 rings (SSSR count). The van der Waals surface area contributed by atoms with Gasteiger partial charge in [-0.1, -0.05) is 12.2 Å². The predicted octanol–water partition coefficient (Wildman–Crippen LogP) is 3.94. The molecule has 0 amide bonds. The fraction of sp³-hybridized carbons (Fsp3) is 0.833. The number of carbonyl (C=O) groups excluding carboxylic acids is 2. The lowest BCUT2D eigenvalue weighted by Gasteiger charge is -2.40. The van der Waals surface area contributed by atoms with Crippen molar-refractivity contribution in [3.8, 4) is 0 Å². The predicted molar refractivity (Wildman–Crippen MR) is 110 cm³/mol. The lowest BCUT2D eigenvalue weighted by molar-refractivity contribution is -0.202. The summed E-state index contributed by atoms with van der Waals surface area (Å²) in [6.45, 7) is 11.1. The first-order valence-electron chi connectivity index (χ1n) is 11.6. The van der Waals surface area contributed by atoms with E-state index in [9.17, 15) is 9.59 Å². The zero-order chi connectivity index (χ0) is 21.7. The molecule has 0 aromatic carbocycles. The van der Waals surface area contributed by atoms with E-state index in [2.05, 4.69) is 12.2 Å². The Morgan fingerprint density at radius 3 is 1.47 bits per heavy atom. The van der Waals surface area contributed by atoms with E-state index in [0.29, 0.717) is 23.7 Å². The first-order chi connectivity index (χ1) is 14.2. The Morgan fingerprint density at radius 2 is 1.10 bits per heavy atom. The van der Waals surface area contributed by atoms with Crippen molar-refractivity contribution in [2.45, 2.75) is 79.2 Å². The van der Waals surface area contributed by atoms with Gasteiger partial charge in [0.1, 0.15) is 0 Å². The molecule has 3 fully saturated rings. The highest BCUT2D eigenvalue weighted by molar-refractivity contribution is 5.84. The van der Waals surface area contributed by atoms with Gasteiger partial charge in [0.15, 0.2) is 12.6 Å². The fourth-order valence-corrected chi connectivity index (χ4v) is 6.99. The Labute approximate surface area is 179 Å². The van der Waals surface area contributed by atoms with Crippen LogP contribution in [0, 0.1) is 47.3 Å². The first-order valence-corrected chi connectivity index (χ1v) is 11.6. The molecule has 0 aliphatic heterocycles. The van der Waals surface area contributed by atoms with Crippen LogP contribution in [0.3, 0.4) is 0 Å². The van der Waals surface area contributed by atoms with Crippen LogP contribution in [0.25, 0.3) is 0 Å². The molecule has 0 radical (unpaired) electrons. The quantitative estimate of drug-likeness (QED) is 0.256. The lowest BCUT2D eigenvalue weighted by Crippen LogP contribution is -2.46. The molecule has 0 aromatic rings. The number of hydrogen-bond acceptors (Lipinski definition) is 6. The second-order valence-corrected chi connectivity index (χ2v) is 10.1. The number of ether oxygens (including phenoxy) is 4. The molecule has 4 aliphatic carbocycles. The Kier molecular flexibility index (Phi) is 6.01. The fourth-order valence-electron chi connectivity index (χ4n) is 6.99. The smallest absolute Gasteiger partial charge is 0.312 e.